The number of hydrogen-bond donors (Lipinski definition) is 1. The smallest absolute Gasteiger partial charge is 0.224 e. The SMILES string of the molecule is CC[C@@H]1[C@@H](C)[C@H](Nc2cccc(C)n2)c2cc(F)ccc2N1C(C)=O. The largest absolute Gasteiger partial charge is 0.363 e. The lowest BCUT2D eigenvalue weighted by molar-refractivity contribution is -0.117. The second-order valence-electron chi connectivity index (χ2n) is 6.71. The summed E-state index contributed by atoms with van der Waals surface area (Å²) < 4.78 is 14.0. The van der Waals surface area contributed by atoms with Gasteiger partial charge in [0.2, 0.25) is 5.91 Å². The Balaban J connectivity index is 2.09. The van der Waals surface area contributed by atoms with Gasteiger partial charge in [0.15, 0.2) is 0 Å². The van der Waals surface area contributed by atoms with Gasteiger partial charge < -0.3 is 10.2 Å². The van der Waals surface area contributed by atoms with E-state index >= 15 is 0 Å². The lowest BCUT2D eigenvalue weighted by Gasteiger charge is -2.45. The number of nitrogens with one attached hydrogen (secondary N) is 1. The standard InChI is InChI=1S/C20H24FN3O/c1-5-17-13(3)20(23-19-8-6-7-12(2)22-19)16-11-15(21)9-10-18(16)24(17)14(4)25/h6-11,13,17,20H,5H2,1-4H3,(H,22,23)/t13-,17-,20+/m1/s1. The summed E-state index contributed by atoms with van der Waals surface area (Å²) in [5, 5.41) is 3.46. The van der Waals surface area contributed by atoms with Gasteiger partial charge in [0.25, 0.3) is 0 Å². The van der Waals surface area contributed by atoms with Crippen LogP contribution in [-0.2, 0) is 4.79 Å². The van der Waals surface area contributed by atoms with Gasteiger partial charge >= 0.3 is 0 Å². The molecule has 0 radical (unpaired) electrons. The van der Waals surface area contributed by atoms with Crippen LogP contribution in [0.25, 0.3) is 0 Å². The summed E-state index contributed by atoms with van der Waals surface area (Å²) >= 11 is 0. The van der Waals surface area contributed by atoms with Crippen molar-refractivity contribution in [3.8, 4) is 0 Å². The minimum absolute atomic E-state index is 0.0151. The van der Waals surface area contributed by atoms with E-state index in [4.69, 9.17) is 0 Å². The van der Waals surface area contributed by atoms with E-state index in [1.807, 2.05) is 25.1 Å². The monoisotopic (exact) mass is 341 g/mol. The zero-order valence-electron chi connectivity index (χ0n) is 15.1. The molecule has 0 bridgehead atoms. The number of rotatable bonds is 3. The van der Waals surface area contributed by atoms with Crippen molar-refractivity contribution in [3.63, 3.8) is 0 Å². The minimum atomic E-state index is -0.298. The number of carbonyl (C=O) groups is 1. The van der Waals surface area contributed by atoms with Crippen molar-refractivity contribution in [3.05, 3.63) is 53.5 Å². The number of pyridine rings is 1. The molecule has 0 unspecified atom stereocenters. The second-order valence-corrected chi connectivity index (χ2v) is 6.71. The molecule has 0 saturated heterocycles. The lowest BCUT2D eigenvalue weighted by atomic mass is 9.81. The van der Waals surface area contributed by atoms with Gasteiger partial charge in [0.1, 0.15) is 11.6 Å². The molecular weight excluding hydrogens is 317 g/mol. The molecule has 1 aliphatic rings. The predicted octanol–water partition coefficient (Wildman–Crippen LogP) is 4.46. The molecule has 1 aromatic heterocycles. The summed E-state index contributed by atoms with van der Waals surface area (Å²) in [6, 6.07) is 10.4. The van der Waals surface area contributed by atoms with Crippen LogP contribution < -0.4 is 10.2 Å². The molecule has 132 valence electrons. The molecule has 4 nitrogen and oxygen atoms in total. The fraction of sp³-hybridized carbons (Fsp3) is 0.400. The third-order valence-electron chi connectivity index (χ3n) is 5.00. The maximum Gasteiger partial charge on any atom is 0.224 e. The van der Waals surface area contributed by atoms with Crippen LogP contribution in [0.3, 0.4) is 0 Å². The van der Waals surface area contributed by atoms with Crippen molar-refractivity contribution in [2.45, 2.75) is 46.2 Å². The fourth-order valence-electron chi connectivity index (χ4n) is 3.86. The highest BCUT2D eigenvalue weighted by Crippen LogP contribution is 2.43. The molecule has 1 aliphatic heterocycles. The van der Waals surface area contributed by atoms with Crippen LogP contribution in [0.2, 0.25) is 0 Å². The molecule has 2 heterocycles. The maximum absolute atomic E-state index is 14.0. The summed E-state index contributed by atoms with van der Waals surface area (Å²) in [5.74, 6) is 0.566. The Morgan fingerprint density at radius 2 is 2.08 bits per heavy atom. The first-order chi connectivity index (χ1) is 11.9. The van der Waals surface area contributed by atoms with Gasteiger partial charge in [0.05, 0.1) is 6.04 Å². The highest BCUT2D eigenvalue weighted by Gasteiger charge is 2.39. The van der Waals surface area contributed by atoms with Gasteiger partial charge in [-0.2, -0.15) is 0 Å². The Hall–Kier alpha value is -2.43. The number of aryl methyl sites for hydroxylation is 1. The number of amides is 1. The Morgan fingerprint density at radius 1 is 1.32 bits per heavy atom. The van der Waals surface area contributed by atoms with Crippen molar-refractivity contribution >= 4 is 17.4 Å². The highest BCUT2D eigenvalue weighted by molar-refractivity contribution is 5.94. The Morgan fingerprint density at radius 3 is 2.72 bits per heavy atom. The van der Waals surface area contributed by atoms with E-state index < -0.39 is 0 Å². The van der Waals surface area contributed by atoms with Gasteiger partial charge in [0, 0.05) is 35.8 Å². The second kappa shape index (κ2) is 6.82. The van der Waals surface area contributed by atoms with E-state index in [0.717, 1.165) is 29.2 Å². The third-order valence-corrected chi connectivity index (χ3v) is 5.00. The normalized spacial score (nSPS) is 22.4. The average molecular weight is 341 g/mol. The number of aromatic nitrogens is 1. The summed E-state index contributed by atoms with van der Waals surface area (Å²) in [7, 11) is 0. The molecule has 25 heavy (non-hydrogen) atoms. The van der Waals surface area contributed by atoms with Crippen LogP contribution in [0.15, 0.2) is 36.4 Å². The molecule has 0 spiro atoms. The zero-order chi connectivity index (χ0) is 18.1. The summed E-state index contributed by atoms with van der Waals surface area (Å²) in [6.07, 6.45) is 0.830. The van der Waals surface area contributed by atoms with Crippen molar-refractivity contribution in [2.24, 2.45) is 5.92 Å². The maximum atomic E-state index is 14.0. The Bertz CT molecular complexity index is 792. The first-order valence-electron chi connectivity index (χ1n) is 8.71. The first kappa shape index (κ1) is 17.4. The van der Waals surface area contributed by atoms with Gasteiger partial charge in [-0.15, -0.1) is 0 Å². The van der Waals surface area contributed by atoms with E-state index in [2.05, 4.69) is 24.1 Å². The van der Waals surface area contributed by atoms with E-state index in [1.54, 1.807) is 17.9 Å². The minimum Gasteiger partial charge on any atom is -0.363 e. The Labute approximate surface area is 148 Å². The molecule has 2 aromatic rings. The van der Waals surface area contributed by atoms with E-state index in [1.165, 1.54) is 12.1 Å². The molecule has 0 aliphatic carbocycles. The molecule has 0 fully saturated rings. The summed E-state index contributed by atoms with van der Waals surface area (Å²) in [6.45, 7) is 7.69. The topological polar surface area (TPSA) is 45.2 Å². The van der Waals surface area contributed by atoms with Crippen LogP contribution in [-0.4, -0.2) is 16.9 Å². The third kappa shape index (κ3) is 3.23. The predicted molar refractivity (Wildman–Crippen MR) is 98.1 cm³/mol. The molecule has 3 rings (SSSR count). The molecular formula is C20H24FN3O. The number of halogens is 1. The zero-order valence-corrected chi connectivity index (χ0v) is 15.1. The van der Waals surface area contributed by atoms with Crippen LogP contribution in [0.4, 0.5) is 15.9 Å². The highest BCUT2D eigenvalue weighted by atomic mass is 19.1. The fourth-order valence-corrected chi connectivity index (χ4v) is 3.86. The van der Waals surface area contributed by atoms with E-state index in [9.17, 15) is 9.18 Å². The van der Waals surface area contributed by atoms with Crippen molar-refractivity contribution in [1.29, 1.82) is 0 Å². The van der Waals surface area contributed by atoms with Crippen molar-refractivity contribution in [2.75, 3.05) is 10.2 Å². The number of nitrogens with zero attached hydrogens (tertiary/aromatic N) is 2. The number of benzene rings is 1. The Kier molecular flexibility index (Phi) is 4.75. The number of carbonyl (C=O) groups excluding carboxylic acids is 1. The molecule has 1 amide bonds. The van der Waals surface area contributed by atoms with Gasteiger partial charge in [-0.05, 0) is 43.7 Å². The number of fused-ring (bicyclic) bond motifs is 1. The summed E-state index contributed by atoms with van der Waals surface area (Å²) in [4.78, 5) is 18.6. The van der Waals surface area contributed by atoms with Gasteiger partial charge in [-0.1, -0.05) is 19.9 Å². The number of anilines is 2. The first-order valence-corrected chi connectivity index (χ1v) is 8.71. The molecule has 1 N–H and O–H groups in total. The van der Waals surface area contributed by atoms with E-state index in [-0.39, 0.29) is 29.7 Å². The molecule has 1 aromatic carbocycles. The molecule has 3 atom stereocenters. The molecule has 0 saturated carbocycles. The van der Waals surface area contributed by atoms with Gasteiger partial charge in [-0.3, -0.25) is 4.79 Å². The average Bonchev–Trinajstić information content (AvgIpc) is 2.56. The molecule has 5 heteroatoms. The lowest BCUT2D eigenvalue weighted by Crippen LogP contribution is -2.49. The summed E-state index contributed by atoms with van der Waals surface area (Å²) in [5.41, 5.74) is 2.50. The van der Waals surface area contributed by atoms with E-state index in [0.29, 0.717) is 0 Å². The quantitative estimate of drug-likeness (QED) is 0.896. The van der Waals surface area contributed by atoms with Crippen LogP contribution in [0.5, 0.6) is 0 Å². The van der Waals surface area contributed by atoms with Crippen molar-refractivity contribution in [1.82, 2.24) is 4.98 Å². The van der Waals surface area contributed by atoms with Crippen molar-refractivity contribution < 1.29 is 9.18 Å². The van der Waals surface area contributed by atoms with Crippen LogP contribution >= 0.6 is 0 Å². The van der Waals surface area contributed by atoms with Crippen LogP contribution in [0.1, 0.15) is 44.5 Å². The van der Waals surface area contributed by atoms with Crippen LogP contribution in [0, 0.1) is 18.7 Å². The van der Waals surface area contributed by atoms with Gasteiger partial charge in [-0.25, -0.2) is 9.37 Å². The number of hydrogen-bond acceptors (Lipinski definition) is 3.